The summed E-state index contributed by atoms with van der Waals surface area (Å²) in [6.07, 6.45) is 0. The zero-order valence-corrected chi connectivity index (χ0v) is 11.1. The quantitative estimate of drug-likeness (QED) is 0.552. The number of ether oxygens (including phenoxy) is 1. The van der Waals surface area contributed by atoms with E-state index in [0.29, 0.717) is 18.4 Å². The van der Waals surface area contributed by atoms with E-state index in [-0.39, 0.29) is 0 Å². The Hall–Kier alpha value is -2.70. The van der Waals surface area contributed by atoms with E-state index in [2.05, 4.69) is 20.3 Å². The molecule has 0 unspecified atom stereocenters. The standard InChI is InChI=1S/C13H12N6O/c1-3-20-12-14-13-18-8(2)15-16-11(18)9-6-4-5-7-10(9)19(13)17-12/h4-7H,3H2,1-2H3. The summed E-state index contributed by atoms with van der Waals surface area (Å²) in [6, 6.07) is 8.28. The van der Waals surface area contributed by atoms with Crippen LogP contribution in [0.3, 0.4) is 0 Å². The van der Waals surface area contributed by atoms with Crippen molar-refractivity contribution in [2.24, 2.45) is 0 Å². The molecule has 100 valence electrons. The van der Waals surface area contributed by atoms with Gasteiger partial charge in [-0.2, -0.15) is 9.50 Å². The third-order valence-electron chi connectivity index (χ3n) is 3.24. The molecular weight excluding hydrogens is 256 g/mol. The van der Waals surface area contributed by atoms with Crippen molar-refractivity contribution < 1.29 is 4.74 Å². The molecule has 3 aromatic heterocycles. The molecule has 0 fully saturated rings. The summed E-state index contributed by atoms with van der Waals surface area (Å²) in [7, 11) is 0. The van der Waals surface area contributed by atoms with Crippen LogP contribution < -0.4 is 4.74 Å². The van der Waals surface area contributed by atoms with Gasteiger partial charge in [0.2, 0.25) is 5.78 Å². The normalized spacial score (nSPS) is 11.7. The average Bonchev–Trinajstić information content (AvgIpc) is 3.03. The Morgan fingerprint density at radius 3 is 2.90 bits per heavy atom. The summed E-state index contributed by atoms with van der Waals surface area (Å²) in [5.41, 5.74) is 1.71. The van der Waals surface area contributed by atoms with E-state index < -0.39 is 0 Å². The molecule has 0 spiro atoms. The third kappa shape index (κ3) is 1.34. The fraction of sp³-hybridized carbons (Fsp3) is 0.231. The Balaban J connectivity index is 2.27. The van der Waals surface area contributed by atoms with E-state index in [1.807, 2.05) is 42.5 Å². The number of nitrogens with zero attached hydrogens (tertiary/aromatic N) is 6. The van der Waals surface area contributed by atoms with Gasteiger partial charge in [0.1, 0.15) is 5.82 Å². The molecule has 4 rings (SSSR count). The summed E-state index contributed by atoms with van der Waals surface area (Å²) in [4.78, 5) is 4.43. The van der Waals surface area contributed by atoms with Gasteiger partial charge in [-0.3, -0.25) is 0 Å². The van der Waals surface area contributed by atoms with Crippen LogP contribution in [0.25, 0.3) is 22.3 Å². The maximum atomic E-state index is 5.41. The highest BCUT2D eigenvalue weighted by molar-refractivity contribution is 5.93. The Labute approximate surface area is 113 Å². The van der Waals surface area contributed by atoms with Gasteiger partial charge in [0, 0.05) is 5.39 Å². The summed E-state index contributed by atoms with van der Waals surface area (Å²) < 4.78 is 9.06. The van der Waals surface area contributed by atoms with E-state index in [1.165, 1.54) is 0 Å². The van der Waals surface area contributed by atoms with Gasteiger partial charge in [-0.15, -0.1) is 15.3 Å². The number of fused-ring (bicyclic) bond motifs is 6. The number of hydrogen-bond acceptors (Lipinski definition) is 5. The van der Waals surface area contributed by atoms with Gasteiger partial charge in [0.05, 0.1) is 12.1 Å². The monoisotopic (exact) mass is 268 g/mol. The van der Waals surface area contributed by atoms with Crippen molar-refractivity contribution in [2.75, 3.05) is 6.61 Å². The van der Waals surface area contributed by atoms with Gasteiger partial charge >= 0.3 is 6.01 Å². The number of para-hydroxylation sites is 1. The largest absolute Gasteiger partial charge is 0.463 e. The molecule has 7 heteroatoms. The van der Waals surface area contributed by atoms with Gasteiger partial charge in [0.15, 0.2) is 5.65 Å². The maximum Gasteiger partial charge on any atom is 0.337 e. The summed E-state index contributed by atoms with van der Waals surface area (Å²) in [6.45, 7) is 4.33. The summed E-state index contributed by atoms with van der Waals surface area (Å²) in [5, 5.41) is 13.8. The van der Waals surface area contributed by atoms with Crippen molar-refractivity contribution in [3.8, 4) is 6.01 Å². The summed E-state index contributed by atoms with van der Waals surface area (Å²) in [5.74, 6) is 1.43. The number of aromatic nitrogens is 6. The SMILES string of the molecule is CCOc1nc2n(n1)c1ccccc1c1nnc(C)n12. The second-order valence-corrected chi connectivity index (χ2v) is 4.46. The van der Waals surface area contributed by atoms with Crippen LogP contribution in [0.1, 0.15) is 12.7 Å². The number of rotatable bonds is 2. The van der Waals surface area contributed by atoms with Crippen LogP contribution in [0.2, 0.25) is 0 Å². The predicted octanol–water partition coefficient (Wildman–Crippen LogP) is 1.63. The smallest absolute Gasteiger partial charge is 0.337 e. The van der Waals surface area contributed by atoms with Crippen LogP contribution in [0.5, 0.6) is 6.01 Å². The molecule has 20 heavy (non-hydrogen) atoms. The molecule has 3 heterocycles. The van der Waals surface area contributed by atoms with Crippen LogP contribution in [-0.2, 0) is 0 Å². The van der Waals surface area contributed by atoms with Gasteiger partial charge in [-0.1, -0.05) is 12.1 Å². The Bertz CT molecular complexity index is 938. The van der Waals surface area contributed by atoms with Crippen LogP contribution in [0.15, 0.2) is 24.3 Å². The van der Waals surface area contributed by atoms with E-state index in [4.69, 9.17) is 4.74 Å². The molecule has 0 saturated carbocycles. The predicted molar refractivity (Wildman–Crippen MR) is 72.9 cm³/mol. The Morgan fingerprint density at radius 1 is 1.20 bits per heavy atom. The molecule has 0 bridgehead atoms. The highest BCUT2D eigenvalue weighted by atomic mass is 16.5. The fourth-order valence-corrected chi connectivity index (χ4v) is 2.41. The van der Waals surface area contributed by atoms with Crippen molar-refractivity contribution in [1.82, 2.24) is 29.2 Å². The second-order valence-electron chi connectivity index (χ2n) is 4.46. The molecule has 0 aliphatic carbocycles. The molecule has 0 aliphatic rings. The van der Waals surface area contributed by atoms with Crippen LogP contribution in [-0.4, -0.2) is 35.8 Å². The van der Waals surface area contributed by atoms with E-state index in [1.54, 1.807) is 4.52 Å². The molecule has 0 amide bonds. The Kier molecular flexibility index (Phi) is 2.17. The van der Waals surface area contributed by atoms with E-state index >= 15 is 0 Å². The first-order valence-electron chi connectivity index (χ1n) is 6.41. The molecule has 0 saturated heterocycles. The number of benzene rings is 1. The van der Waals surface area contributed by atoms with Crippen LogP contribution in [0, 0.1) is 6.92 Å². The lowest BCUT2D eigenvalue weighted by atomic mass is 10.2. The molecule has 0 atom stereocenters. The minimum Gasteiger partial charge on any atom is -0.463 e. The fourth-order valence-electron chi connectivity index (χ4n) is 2.41. The van der Waals surface area contributed by atoms with Crippen molar-refractivity contribution in [2.45, 2.75) is 13.8 Å². The van der Waals surface area contributed by atoms with Crippen LogP contribution >= 0.6 is 0 Å². The third-order valence-corrected chi connectivity index (χ3v) is 3.24. The van der Waals surface area contributed by atoms with Crippen molar-refractivity contribution >= 4 is 22.3 Å². The van der Waals surface area contributed by atoms with Crippen molar-refractivity contribution in [3.05, 3.63) is 30.1 Å². The molecule has 0 radical (unpaired) electrons. The van der Waals surface area contributed by atoms with Gasteiger partial charge in [-0.25, -0.2) is 4.40 Å². The first-order valence-corrected chi connectivity index (χ1v) is 6.41. The number of aryl methyl sites for hydroxylation is 1. The van der Waals surface area contributed by atoms with Crippen molar-refractivity contribution in [3.63, 3.8) is 0 Å². The second kappa shape index (κ2) is 3.89. The summed E-state index contributed by atoms with van der Waals surface area (Å²) >= 11 is 0. The average molecular weight is 268 g/mol. The molecule has 0 N–H and O–H groups in total. The first kappa shape index (κ1) is 11.2. The lowest BCUT2D eigenvalue weighted by Gasteiger charge is -2.03. The molecular formula is C13H12N6O. The number of hydrogen-bond donors (Lipinski definition) is 0. The molecule has 1 aromatic carbocycles. The van der Waals surface area contributed by atoms with Gasteiger partial charge in [-0.05, 0) is 26.0 Å². The molecule has 7 nitrogen and oxygen atoms in total. The van der Waals surface area contributed by atoms with Gasteiger partial charge < -0.3 is 4.74 Å². The zero-order chi connectivity index (χ0) is 13.7. The molecule has 4 aromatic rings. The highest BCUT2D eigenvalue weighted by Gasteiger charge is 2.16. The lowest BCUT2D eigenvalue weighted by Crippen LogP contribution is -2.00. The lowest BCUT2D eigenvalue weighted by molar-refractivity contribution is 0.313. The minimum absolute atomic E-state index is 0.359. The van der Waals surface area contributed by atoms with Crippen LogP contribution in [0.4, 0.5) is 0 Å². The topological polar surface area (TPSA) is 69.6 Å². The maximum absolute atomic E-state index is 5.41. The van der Waals surface area contributed by atoms with E-state index in [0.717, 1.165) is 22.4 Å². The van der Waals surface area contributed by atoms with E-state index in [9.17, 15) is 0 Å². The first-order chi connectivity index (χ1) is 9.79. The van der Waals surface area contributed by atoms with Crippen molar-refractivity contribution in [1.29, 1.82) is 0 Å². The Morgan fingerprint density at radius 2 is 2.05 bits per heavy atom. The van der Waals surface area contributed by atoms with Gasteiger partial charge in [0.25, 0.3) is 0 Å². The minimum atomic E-state index is 0.359. The molecule has 0 aliphatic heterocycles. The zero-order valence-electron chi connectivity index (χ0n) is 11.1. The highest BCUT2D eigenvalue weighted by Crippen LogP contribution is 2.22.